The van der Waals surface area contributed by atoms with E-state index in [1.165, 1.54) is 5.56 Å². The van der Waals surface area contributed by atoms with Crippen LogP contribution < -0.4 is 10.2 Å². The summed E-state index contributed by atoms with van der Waals surface area (Å²) in [5, 5.41) is 0.717. The molecule has 26 heavy (non-hydrogen) atoms. The first-order chi connectivity index (χ1) is 12.7. The number of hydrogen-bond acceptors (Lipinski definition) is 3. The number of aryl methyl sites for hydroxylation is 1. The van der Waals surface area contributed by atoms with Gasteiger partial charge in [-0.2, -0.15) is 0 Å². The van der Waals surface area contributed by atoms with Gasteiger partial charge in [-0.15, -0.1) is 0 Å². The third-order valence-corrected chi connectivity index (χ3v) is 5.88. The van der Waals surface area contributed by atoms with Crippen molar-refractivity contribution in [2.45, 2.75) is 37.9 Å². The van der Waals surface area contributed by atoms with Crippen molar-refractivity contribution in [3.05, 3.63) is 75.1 Å². The molecule has 3 aromatic rings. The number of nitrogens with one attached hydrogen (secondary N) is 1. The Kier molecular flexibility index (Phi) is 3.28. The maximum atomic E-state index is 13.2. The Morgan fingerprint density at radius 2 is 2.00 bits per heavy atom. The van der Waals surface area contributed by atoms with Crippen LogP contribution in [0.25, 0.3) is 10.9 Å². The summed E-state index contributed by atoms with van der Waals surface area (Å²) < 4.78 is 12.0. The maximum absolute atomic E-state index is 13.2. The zero-order valence-corrected chi connectivity index (χ0v) is 15.0. The Morgan fingerprint density at radius 1 is 1.19 bits per heavy atom. The highest BCUT2D eigenvalue weighted by atomic mass is 16.5. The monoisotopic (exact) mass is 347 g/mol. The van der Waals surface area contributed by atoms with Crippen molar-refractivity contribution in [2.24, 2.45) is 0 Å². The highest BCUT2D eigenvalue weighted by molar-refractivity contribution is 5.86. The molecule has 4 heteroatoms. The number of benzene rings is 2. The number of aromatic nitrogens is 1. The van der Waals surface area contributed by atoms with Crippen LogP contribution in [-0.4, -0.2) is 12.1 Å². The third kappa shape index (κ3) is 1.91. The first kappa shape index (κ1) is 15.6. The molecule has 0 saturated carbocycles. The molecule has 1 saturated heterocycles. The van der Waals surface area contributed by atoms with Crippen LogP contribution in [0.1, 0.15) is 47.8 Å². The minimum atomic E-state index is -0.446. The number of aromatic amines is 1. The van der Waals surface area contributed by atoms with Gasteiger partial charge in [0, 0.05) is 5.56 Å². The van der Waals surface area contributed by atoms with Gasteiger partial charge in [0.05, 0.1) is 29.8 Å². The molecule has 1 aromatic heterocycles. The molecular formula is C22H21NO3. The zero-order valence-electron chi connectivity index (χ0n) is 15.0. The lowest BCUT2D eigenvalue weighted by Gasteiger charge is -2.34. The van der Waals surface area contributed by atoms with Gasteiger partial charge in [-0.25, -0.2) is 0 Å². The van der Waals surface area contributed by atoms with Gasteiger partial charge in [0.1, 0.15) is 5.60 Å². The second kappa shape index (κ2) is 5.45. The zero-order chi connectivity index (χ0) is 17.9. The third-order valence-electron chi connectivity index (χ3n) is 5.88. The number of fused-ring (bicyclic) bond motifs is 7. The number of hydrogen-bond donors (Lipinski definition) is 1. The Labute approximate surface area is 151 Å². The lowest BCUT2D eigenvalue weighted by Crippen LogP contribution is -2.30. The minimum Gasteiger partial charge on any atom is -0.491 e. The number of rotatable bonds is 2. The Bertz CT molecular complexity index is 1070. The van der Waals surface area contributed by atoms with E-state index >= 15 is 0 Å². The molecule has 2 atom stereocenters. The summed E-state index contributed by atoms with van der Waals surface area (Å²) in [6.07, 6.45) is 2.91. The van der Waals surface area contributed by atoms with Crippen molar-refractivity contribution < 1.29 is 9.47 Å². The van der Waals surface area contributed by atoms with Crippen LogP contribution in [0, 0.1) is 6.92 Å². The fraction of sp³-hybridized carbons (Fsp3) is 0.318. The van der Waals surface area contributed by atoms with Gasteiger partial charge in [-0.3, -0.25) is 4.79 Å². The Balaban J connectivity index is 1.87. The van der Waals surface area contributed by atoms with Crippen molar-refractivity contribution in [1.29, 1.82) is 0 Å². The summed E-state index contributed by atoms with van der Waals surface area (Å²) in [5.41, 5.74) is 4.46. The van der Waals surface area contributed by atoms with Crippen molar-refractivity contribution in [3.63, 3.8) is 0 Å². The molecule has 2 aliphatic heterocycles. The van der Waals surface area contributed by atoms with Gasteiger partial charge >= 0.3 is 0 Å². The molecule has 1 fully saturated rings. The van der Waals surface area contributed by atoms with Crippen molar-refractivity contribution >= 4 is 10.9 Å². The molecule has 132 valence electrons. The molecule has 4 nitrogen and oxygen atoms in total. The summed E-state index contributed by atoms with van der Waals surface area (Å²) in [4.78, 5) is 16.5. The van der Waals surface area contributed by atoms with Gasteiger partial charge in [0.2, 0.25) is 5.43 Å². The summed E-state index contributed by atoms with van der Waals surface area (Å²) in [7, 11) is 1.55. The molecule has 2 aromatic carbocycles. The first-order valence-corrected chi connectivity index (χ1v) is 9.13. The standard InChI is InChI=1S/C22H21NO3/c1-13-21(25-2)20(24)19-16(23-13)11-10-15-18(19)17-9-6-12-22(15,26-17)14-7-4-3-5-8-14/h3-5,7-8,10-11,17H,6,9,12H2,1-2H3,(H,23,24)/t17-,22-/m0/s1. The van der Waals surface area contributed by atoms with Crippen LogP contribution >= 0.6 is 0 Å². The number of H-pyrrole nitrogens is 1. The van der Waals surface area contributed by atoms with Gasteiger partial charge < -0.3 is 14.5 Å². The topological polar surface area (TPSA) is 51.3 Å². The number of pyridine rings is 1. The van der Waals surface area contributed by atoms with Crippen molar-refractivity contribution in [3.8, 4) is 5.75 Å². The quantitative estimate of drug-likeness (QED) is 0.750. The van der Waals surface area contributed by atoms with E-state index in [1.54, 1.807) is 7.11 Å². The van der Waals surface area contributed by atoms with Gasteiger partial charge in [-0.05, 0) is 43.4 Å². The lowest BCUT2D eigenvalue weighted by molar-refractivity contribution is -0.0857. The van der Waals surface area contributed by atoms with E-state index < -0.39 is 5.60 Å². The Morgan fingerprint density at radius 3 is 2.77 bits per heavy atom. The van der Waals surface area contributed by atoms with Gasteiger partial charge in [-0.1, -0.05) is 36.4 Å². The molecule has 0 aliphatic carbocycles. The number of ether oxygens (including phenoxy) is 2. The van der Waals surface area contributed by atoms with E-state index in [-0.39, 0.29) is 11.5 Å². The van der Waals surface area contributed by atoms with E-state index in [0.717, 1.165) is 47.0 Å². The second-order valence-electron chi connectivity index (χ2n) is 7.25. The van der Waals surface area contributed by atoms with Gasteiger partial charge in [0.25, 0.3) is 0 Å². The van der Waals surface area contributed by atoms with E-state index in [9.17, 15) is 4.79 Å². The maximum Gasteiger partial charge on any atom is 0.231 e. The van der Waals surface area contributed by atoms with E-state index in [1.807, 2.05) is 19.1 Å². The molecular weight excluding hydrogens is 326 g/mol. The van der Waals surface area contributed by atoms with Crippen LogP contribution in [0.3, 0.4) is 0 Å². The molecule has 2 aliphatic rings. The van der Waals surface area contributed by atoms with Crippen LogP contribution in [0.4, 0.5) is 0 Å². The predicted molar refractivity (Wildman–Crippen MR) is 101 cm³/mol. The molecule has 5 rings (SSSR count). The van der Waals surface area contributed by atoms with E-state index in [0.29, 0.717) is 5.75 Å². The highest BCUT2D eigenvalue weighted by Gasteiger charge is 2.49. The number of methoxy groups -OCH3 is 1. The SMILES string of the molecule is COc1c(C)[nH]c2ccc3c(c2c1=O)[C@@H]1CCC[C@@]3(c2ccccc2)O1. The van der Waals surface area contributed by atoms with E-state index in [2.05, 4.69) is 35.3 Å². The van der Waals surface area contributed by atoms with Crippen LogP contribution in [-0.2, 0) is 10.3 Å². The lowest BCUT2D eigenvalue weighted by atomic mass is 9.82. The van der Waals surface area contributed by atoms with Crippen LogP contribution in [0.5, 0.6) is 5.75 Å². The summed E-state index contributed by atoms with van der Waals surface area (Å²) in [6.45, 7) is 1.87. The fourth-order valence-corrected chi connectivity index (χ4v) is 4.82. The average molecular weight is 347 g/mol. The highest BCUT2D eigenvalue weighted by Crippen LogP contribution is 2.56. The smallest absolute Gasteiger partial charge is 0.231 e. The molecule has 0 unspecified atom stereocenters. The molecule has 0 radical (unpaired) electrons. The second-order valence-corrected chi connectivity index (χ2v) is 7.25. The van der Waals surface area contributed by atoms with Crippen LogP contribution in [0.15, 0.2) is 47.3 Å². The molecule has 0 amide bonds. The summed E-state index contributed by atoms with van der Waals surface area (Å²) in [6, 6.07) is 14.5. The molecule has 3 heterocycles. The minimum absolute atomic E-state index is 0.0452. The van der Waals surface area contributed by atoms with E-state index in [4.69, 9.17) is 9.47 Å². The van der Waals surface area contributed by atoms with Crippen molar-refractivity contribution in [2.75, 3.05) is 7.11 Å². The average Bonchev–Trinajstić information content (AvgIpc) is 2.90. The van der Waals surface area contributed by atoms with Gasteiger partial charge in [0.15, 0.2) is 5.75 Å². The predicted octanol–water partition coefficient (Wildman–Crippen LogP) is 4.34. The molecule has 1 N–H and O–H groups in total. The first-order valence-electron chi connectivity index (χ1n) is 9.13. The Hall–Kier alpha value is -2.59. The largest absolute Gasteiger partial charge is 0.491 e. The van der Waals surface area contributed by atoms with Crippen molar-refractivity contribution in [1.82, 2.24) is 4.98 Å². The molecule has 0 spiro atoms. The van der Waals surface area contributed by atoms with Crippen LogP contribution in [0.2, 0.25) is 0 Å². The molecule has 2 bridgehead atoms. The normalized spacial score (nSPS) is 23.8. The summed E-state index contributed by atoms with van der Waals surface area (Å²) in [5.74, 6) is 0.390. The summed E-state index contributed by atoms with van der Waals surface area (Å²) >= 11 is 0. The fourth-order valence-electron chi connectivity index (χ4n) is 4.82.